The molecule has 2 heterocycles. The van der Waals surface area contributed by atoms with E-state index in [1.54, 1.807) is 18.4 Å². The minimum Gasteiger partial charge on any atom is -0.376 e. The Balaban J connectivity index is 1.72. The number of imidazole rings is 1. The fraction of sp³-hybridized carbons (Fsp3) is 0.714. The molecule has 3 rings (SSSR count). The first kappa shape index (κ1) is 13.8. The topological polar surface area (TPSA) is 51.5 Å². The molecule has 1 fully saturated rings. The highest BCUT2D eigenvalue weighted by atomic mass is 32.1. The molecule has 0 unspecified atom stereocenters. The summed E-state index contributed by atoms with van der Waals surface area (Å²) in [7, 11) is 1.80. The van der Waals surface area contributed by atoms with Crippen molar-refractivity contribution in [3.05, 3.63) is 11.9 Å². The zero-order valence-electron chi connectivity index (χ0n) is 12.6. The van der Waals surface area contributed by atoms with E-state index in [4.69, 9.17) is 4.74 Å². The molecule has 0 saturated heterocycles. The molecule has 1 aliphatic rings. The summed E-state index contributed by atoms with van der Waals surface area (Å²) in [4.78, 5) is 5.59. The van der Waals surface area contributed by atoms with Crippen LogP contribution < -0.4 is 5.32 Å². The van der Waals surface area contributed by atoms with Gasteiger partial charge in [0.2, 0.25) is 10.1 Å². The third-order valence-electron chi connectivity index (χ3n) is 4.07. The number of rotatable bonds is 4. The third-order valence-corrected chi connectivity index (χ3v) is 4.95. The fourth-order valence-electron chi connectivity index (χ4n) is 2.39. The first-order valence-electron chi connectivity index (χ1n) is 7.08. The van der Waals surface area contributed by atoms with Crippen LogP contribution in [-0.2, 0) is 10.2 Å². The van der Waals surface area contributed by atoms with Crippen LogP contribution >= 0.6 is 11.3 Å². The summed E-state index contributed by atoms with van der Waals surface area (Å²) >= 11 is 1.59. The van der Waals surface area contributed by atoms with Crippen LogP contribution in [0.5, 0.6) is 0 Å². The average Bonchev–Trinajstić information content (AvgIpc) is 2.84. The van der Waals surface area contributed by atoms with Crippen LogP contribution in [0.25, 0.3) is 4.96 Å². The number of hydrogen-bond acceptors (Lipinski definition) is 5. The predicted molar refractivity (Wildman–Crippen MR) is 81.6 cm³/mol. The smallest absolute Gasteiger partial charge is 0.214 e. The SMILES string of the molecule is COC1(CNc2nn3cc(C(C)(C)C)nc3s2)CCC1. The number of nitrogens with zero attached hydrogens (tertiary/aromatic N) is 3. The number of fused-ring (bicyclic) bond motifs is 1. The van der Waals surface area contributed by atoms with E-state index >= 15 is 0 Å². The largest absolute Gasteiger partial charge is 0.376 e. The lowest BCUT2D eigenvalue weighted by Gasteiger charge is -2.40. The second-order valence-corrected chi connectivity index (χ2v) is 7.56. The molecule has 0 aromatic carbocycles. The average molecular weight is 294 g/mol. The Morgan fingerprint density at radius 1 is 1.45 bits per heavy atom. The van der Waals surface area contributed by atoms with Gasteiger partial charge < -0.3 is 10.1 Å². The molecule has 2 aromatic rings. The molecule has 5 nitrogen and oxygen atoms in total. The quantitative estimate of drug-likeness (QED) is 0.941. The van der Waals surface area contributed by atoms with Gasteiger partial charge in [0.25, 0.3) is 0 Å². The molecule has 0 spiro atoms. The molecule has 1 aliphatic carbocycles. The Bertz CT molecular complexity index is 569. The summed E-state index contributed by atoms with van der Waals surface area (Å²) in [5, 5.41) is 8.86. The van der Waals surface area contributed by atoms with E-state index < -0.39 is 0 Å². The molecule has 1 N–H and O–H groups in total. The van der Waals surface area contributed by atoms with Crippen molar-refractivity contribution in [1.82, 2.24) is 14.6 Å². The summed E-state index contributed by atoms with van der Waals surface area (Å²) in [5.74, 6) is 0. The highest BCUT2D eigenvalue weighted by Gasteiger charge is 2.37. The number of ether oxygens (including phenoxy) is 1. The maximum Gasteiger partial charge on any atom is 0.214 e. The Morgan fingerprint density at radius 3 is 2.70 bits per heavy atom. The Hall–Kier alpha value is -1.14. The molecule has 0 amide bonds. The van der Waals surface area contributed by atoms with Crippen LogP contribution in [0.3, 0.4) is 0 Å². The highest BCUT2D eigenvalue weighted by molar-refractivity contribution is 7.20. The van der Waals surface area contributed by atoms with Crippen LogP contribution in [0.4, 0.5) is 5.13 Å². The number of nitrogens with one attached hydrogen (secondary N) is 1. The summed E-state index contributed by atoms with van der Waals surface area (Å²) in [6, 6.07) is 0. The molecule has 6 heteroatoms. The van der Waals surface area contributed by atoms with Gasteiger partial charge in [-0.3, -0.25) is 0 Å². The van der Waals surface area contributed by atoms with Crippen LogP contribution in [0.2, 0.25) is 0 Å². The number of aromatic nitrogens is 3. The lowest BCUT2D eigenvalue weighted by Crippen LogP contribution is -2.45. The number of anilines is 1. The number of methoxy groups -OCH3 is 1. The Labute approximate surface area is 123 Å². The van der Waals surface area contributed by atoms with Crippen LogP contribution in [0, 0.1) is 0 Å². The van der Waals surface area contributed by atoms with E-state index in [0.717, 1.165) is 35.2 Å². The van der Waals surface area contributed by atoms with Crippen LogP contribution in [0.1, 0.15) is 45.7 Å². The van der Waals surface area contributed by atoms with Gasteiger partial charge in [-0.15, -0.1) is 5.10 Å². The fourth-order valence-corrected chi connectivity index (χ4v) is 3.17. The standard InChI is InChI=1S/C14H22N4OS/c1-13(2,3)10-8-18-12(16-10)20-11(17-18)15-9-14(19-4)6-5-7-14/h8H,5-7,9H2,1-4H3,(H,15,17). The van der Waals surface area contributed by atoms with Crippen LogP contribution in [0.15, 0.2) is 6.20 Å². The van der Waals surface area contributed by atoms with Crippen molar-refractivity contribution in [3.8, 4) is 0 Å². The van der Waals surface area contributed by atoms with Crippen molar-refractivity contribution in [3.63, 3.8) is 0 Å². The van der Waals surface area contributed by atoms with Crippen molar-refractivity contribution in [1.29, 1.82) is 0 Å². The normalized spacial score (nSPS) is 18.2. The van der Waals surface area contributed by atoms with Crippen LogP contribution in [-0.4, -0.2) is 33.9 Å². The first-order valence-corrected chi connectivity index (χ1v) is 7.89. The molecular formula is C14H22N4OS. The van der Waals surface area contributed by atoms with Crippen molar-refractivity contribution in [2.45, 2.75) is 51.0 Å². The van der Waals surface area contributed by atoms with Gasteiger partial charge >= 0.3 is 0 Å². The molecule has 0 aliphatic heterocycles. The van der Waals surface area contributed by atoms with Crippen molar-refractivity contribution < 1.29 is 4.74 Å². The Morgan fingerprint density at radius 2 is 2.20 bits per heavy atom. The Kier molecular flexibility index (Phi) is 3.25. The molecule has 110 valence electrons. The van der Waals surface area contributed by atoms with Gasteiger partial charge in [-0.1, -0.05) is 32.1 Å². The third kappa shape index (κ3) is 2.42. The lowest BCUT2D eigenvalue weighted by molar-refractivity contribution is -0.0601. The zero-order chi connectivity index (χ0) is 14.4. The highest BCUT2D eigenvalue weighted by Crippen LogP contribution is 2.35. The van der Waals surface area contributed by atoms with Gasteiger partial charge in [0.15, 0.2) is 0 Å². The zero-order valence-corrected chi connectivity index (χ0v) is 13.4. The summed E-state index contributed by atoms with van der Waals surface area (Å²) in [5.41, 5.74) is 1.16. The molecule has 0 bridgehead atoms. The van der Waals surface area contributed by atoms with E-state index in [1.807, 2.05) is 10.7 Å². The first-order chi connectivity index (χ1) is 9.42. The maximum absolute atomic E-state index is 5.61. The van der Waals surface area contributed by atoms with Gasteiger partial charge in [-0.2, -0.15) is 0 Å². The summed E-state index contributed by atoms with van der Waals surface area (Å²) < 4.78 is 7.48. The van der Waals surface area contributed by atoms with E-state index in [2.05, 4.69) is 36.2 Å². The predicted octanol–water partition coefficient (Wildman–Crippen LogP) is 3.07. The van der Waals surface area contributed by atoms with E-state index in [-0.39, 0.29) is 11.0 Å². The van der Waals surface area contributed by atoms with E-state index in [9.17, 15) is 0 Å². The van der Waals surface area contributed by atoms with Gasteiger partial charge in [-0.05, 0) is 19.3 Å². The van der Waals surface area contributed by atoms with Gasteiger partial charge in [0.1, 0.15) is 0 Å². The minimum absolute atomic E-state index is 0.0182. The lowest BCUT2D eigenvalue weighted by atomic mass is 9.80. The second-order valence-electron chi connectivity index (χ2n) is 6.60. The minimum atomic E-state index is 0.0182. The monoisotopic (exact) mass is 294 g/mol. The van der Waals surface area contributed by atoms with Crippen molar-refractivity contribution in [2.24, 2.45) is 0 Å². The molecule has 2 aromatic heterocycles. The van der Waals surface area contributed by atoms with E-state index in [0.29, 0.717) is 0 Å². The molecule has 0 atom stereocenters. The second kappa shape index (κ2) is 4.70. The maximum atomic E-state index is 5.61. The van der Waals surface area contributed by atoms with E-state index in [1.165, 1.54) is 6.42 Å². The molecular weight excluding hydrogens is 272 g/mol. The molecule has 20 heavy (non-hydrogen) atoms. The van der Waals surface area contributed by atoms with Gasteiger partial charge in [-0.25, -0.2) is 9.50 Å². The van der Waals surface area contributed by atoms with Gasteiger partial charge in [0.05, 0.1) is 17.5 Å². The van der Waals surface area contributed by atoms with Gasteiger partial charge in [0, 0.05) is 19.1 Å². The molecule has 0 radical (unpaired) electrons. The van der Waals surface area contributed by atoms with Crippen molar-refractivity contribution in [2.75, 3.05) is 19.0 Å². The molecule has 1 saturated carbocycles. The summed E-state index contributed by atoms with van der Waals surface area (Å²) in [6.07, 6.45) is 5.54. The number of hydrogen-bond donors (Lipinski definition) is 1. The van der Waals surface area contributed by atoms with Crippen molar-refractivity contribution >= 4 is 21.4 Å². The summed E-state index contributed by atoms with van der Waals surface area (Å²) in [6.45, 7) is 7.32.